The molecule has 0 aliphatic carbocycles. The molecule has 1 aromatic heterocycles. The molecule has 2 rings (SSSR count). The largest absolute Gasteiger partial charge is 0.355 e. The highest BCUT2D eigenvalue weighted by Gasteiger charge is 2.15. The lowest BCUT2D eigenvalue weighted by molar-refractivity contribution is 0.424. The third kappa shape index (κ3) is 4.39. The molecule has 1 aliphatic rings. The van der Waals surface area contributed by atoms with Crippen molar-refractivity contribution in [1.82, 2.24) is 10.3 Å². The van der Waals surface area contributed by atoms with E-state index in [2.05, 4.69) is 49.0 Å². The van der Waals surface area contributed by atoms with E-state index >= 15 is 0 Å². The van der Waals surface area contributed by atoms with Crippen molar-refractivity contribution in [2.45, 2.75) is 39.8 Å². The average Bonchev–Trinajstić information content (AvgIpc) is 2.37. The van der Waals surface area contributed by atoms with Crippen LogP contribution in [0.2, 0.25) is 0 Å². The Bertz CT molecular complexity index is 420. The van der Waals surface area contributed by atoms with E-state index in [4.69, 9.17) is 0 Å². The van der Waals surface area contributed by atoms with Crippen molar-refractivity contribution < 1.29 is 0 Å². The van der Waals surface area contributed by atoms with Crippen molar-refractivity contribution >= 4 is 17.6 Å². The molecule has 1 N–H and O–H groups in total. The van der Waals surface area contributed by atoms with E-state index in [-0.39, 0.29) is 5.54 Å². The lowest BCUT2D eigenvalue weighted by atomic mass is 10.1. The number of nitrogens with zero attached hydrogens (tertiary/aromatic N) is 2. The van der Waals surface area contributed by atoms with Gasteiger partial charge in [0.15, 0.2) is 0 Å². The molecule has 106 valence electrons. The summed E-state index contributed by atoms with van der Waals surface area (Å²) in [6, 6.07) is 2.27. The van der Waals surface area contributed by atoms with Gasteiger partial charge in [-0.1, -0.05) is 0 Å². The first kappa shape index (κ1) is 14.7. The van der Waals surface area contributed by atoms with Gasteiger partial charge in [-0.15, -0.1) is 0 Å². The maximum Gasteiger partial charge on any atom is 0.131 e. The van der Waals surface area contributed by atoms with E-state index in [0.29, 0.717) is 0 Å². The van der Waals surface area contributed by atoms with E-state index in [1.165, 1.54) is 28.5 Å². The highest BCUT2D eigenvalue weighted by atomic mass is 32.2. The molecule has 1 fully saturated rings. The van der Waals surface area contributed by atoms with Crippen molar-refractivity contribution in [3.63, 3.8) is 0 Å². The lowest BCUT2D eigenvalue weighted by Crippen LogP contribution is -2.35. The predicted molar refractivity (Wildman–Crippen MR) is 85.1 cm³/mol. The number of aromatic nitrogens is 1. The maximum atomic E-state index is 4.68. The van der Waals surface area contributed by atoms with Gasteiger partial charge in [0, 0.05) is 42.9 Å². The quantitative estimate of drug-likeness (QED) is 0.921. The van der Waals surface area contributed by atoms with Crippen molar-refractivity contribution in [3.05, 3.63) is 23.4 Å². The molecule has 0 bridgehead atoms. The molecule has 3 nitrogen and oxygen atoms in total. The van der Waals surface area contributed by atoms with Gasteiger partial charge in [0.2, 0.25) is 0 Å². The van der Waals surface area contributed by atoms with Crippen LogP contribution >= 0.6 is 11.8 Å². The highest BCUT2D eigenvalue weighted by molar-refractivity contribution is 7.99. The summed E-state index contributed by atoms with van der Waals surface area (Å²) in [5.41, 5.74) is 2.71. The molecular weight excluding hydrogens is 254 g/mol. The van der Waals surface area contributed by atoms with Gasteiger partial charge in [-0.25, -0.2) is 4.98 Å². The minimum Gasteiger partial charge on any atom is -0.355 e. The van der Waals surface area contributed by atoms with Crippen LogP contribution in [0.4, 0.5) is 5.82 Å². The van der Waals surface area contributed by atoms with Crippen LogP contribution < -0.4 is 10.2 Å². The Morgan fingerprint density at radius 2 is 2.00 bits per heavy atom. The number of hydrogen-bond acceptors (Lipinski definition) is 4. The van der Waals surface area contributed by atoms with Gasteiger partial charge in [-0.3, -0.25) is 0 Å². The molecule has 4 heteroatoms. The molecular formula is C15H25N3S. The first-order valence-electron chi connectivity index (χ1n) is 6.99. The van der Waals surface area contributed by atoms with Crippen LogP contribution in [0, 0.1) is 6.92 Å². The topological polar surface area (TPSA) is 28.2 Å². The first-order valence-corrected chi connectivity index (χ1v) is 8.14. The van der Waals surface area contributed by atoms with E-state index < -0.39 is 0 Å². The summed E-state index contributed by atoms with van der Waals surface area (Å²) in [4.78, 5) is 7.09. The summed E-state index contributed by atoms with van der Waals surface area (Å²) < 4.78 is 0. The Labute approximate surface area is 121 Å². The summed E-state index contributed by atoms with van der Waals surface area (Å²) in [6.45, 7) is 11.9. The van der Waals surface area contributed by atoms with Gasteiger partial charge in [0.25, 0.3) is 0 Å². The fourth-order valence-corrected chi connectivity index (χ4v) is 3.10. The normalized spacial score (nSPS) is 16.7. The van der Waals surface area contributed by atoms with Crippen LogP contribution in [0.3, 0.4) is 0 Å². The van der Waals surface area contributed by atoms with Crippen molar-refractivity contribution in [3.8, 4) is 0 Å². The molecule has 19 heavy (non-hydrogen) atoms. The molecule has 0 unspecified atom stereocenters. The SMILES string of the molecule is Cc1cc(CNC(C)(C)C)cnc1N1CCSCC1. The molecule has 0 atom stereocenters. The Hall–Kier alpha value is -0.740. The second-order valence-electron chi connectivity index (χ2n) is 6.19. The summed E-state index contributed by atoms with van der Waals surface area (Å²) in [5, 5.41) is 3.51. The lowest BCUT2D eigenvalue weighted by Gasteiger charge is -2.29. The number of aryl methyl sites for hydroxylation is 1. The van der Waals surface area contributed by atoms with Crippen molar-refractivity contribution in [1.29, 1.82) is 0 Å². The second kappa shape index (κ2) is 6.14. The number of thioether (sulfide) groups is 1. The van der Waals surface area contributed by atoms with Gasteiger partial charge in [0.1, 0.15) is 5.82 Å². The summed E-state index contributed by atoms with van der Waals surface area (Å²) in [5.74, 6) is 3.60. The molecule has 0 saturated carbocycles. The smallest absolute Gasteiger partial charge is 0.131 e. The fourth-order valence-electron chi connectivity index (χ4n) is 2.20. The number of anilines is 1. The molecule has 0 radical (unpaired) electrons. The zero-order valence-corrected chi connectivity index (χ0v) is 13.3. The van der Waals surface area contributed by atoms with Crippen LogP contribution in [0.1, 0.15) is 31.9 Å². The van der Waals surface area contributed by atoms with Crippen molar-refractivity contribution in [2.75, 3.05) is 29.5 Å². The van der Waals surface area contributed by atoms with Crippen LogP contribution in [0.15, 0.2) is 12.3 Å². The van der Waals surface area contributed by atoms with Gasteiger partial charge in [-0.05, 0) is 44.9 Å². The van der Waals surface area contributed by atoms with Crippen LogP contribution in [-0.2, 0) is 6.54 Å². The zero-order chi connectivity index (χ0) is 13.9. The maximum absolute atomic E-state index is 4.68. The third-order valence-electron chi connectivity index (χ3n) is 3.24. The Kier molecular flexibility index (Phi) is 4.74. The van der Waals surface area contributed by atoms with E-state index in [9.17, 15) is 0 Å². The predicted octanol–water partition coefficient (Wildman–Crippen LogP) is 2.83. The van der Waals surface area contributed by atoms with Crippen LogP contribution in [0.5, 0.6) is 0 Å². The highest BCUT2D eigenvalue weighted by Crippen LogP contribution is 2.21. The fraction of sp³-hybridized carbons (Fsp3) is 0.667. The molecule has 1 aliphatic heterocycles. The Morgan fingerprint density at radius 3 is 2.58 bits per heavy atom. The molecule has 1 aromatic rings. The minimum absolute atomic E-state index is 0.149. The summed E-state index contributed by atoms with van der Waals surface area (Å²) in [6.07, 6.45) is 2.02. The Balaban J connectivity index is 2.04. The number of pyridine rings is 1. The van der Waals surface area contributed by atoms with Crippen molar-refractivity contribution in [2.24, 2.45) is 0 Å². The second-order valence-corrected chi connectivity index (χ2v) is 7.41. The monoisotopic (exact) mass is 279 g/mol. The standard InChI is InChI=1S/C15H25N3S/c1-12-9-13(11-17-15(2,3)4)10-16-14(12)18-5-7-19-8-6-18/h9-10,17H,5-8,11H2,1-4H3. The molecule has 1 saturated heterocycles. The van der Waals surface area contributed by atoms with Gasteiger partial charge >= 0.3 is 0 Å². The molecule has 0 spiro atoms. The third-order valence-corrected chi connectivity index (χ3v) is 4.18. The first-order chi connectivity index (χ1) is 8.96. The van der Waals surface area contributed by atoms with E-state index in [1.807, 2.05) is 18.0 Å². The van der Waals surface area contributed by atoms with Gasteiger partial charge in [-0.2, -0.15) is 11.8 Å². The minimum atomic E-state index is 0.149. The number of hydrogen-bond donors (Lipinski definition) is 1. The van der Waals surface area contributed by atoms with E-state index in [1.54, 1.807) is 0 Å². The molecule has 0 aromatic carbocycles. The molecule has 0 amide bonds. The van der Waals surface area contributed by atoms with Gasteiger partial charge < -0.3 is 10.2 Å². The number of nitrogens with one attached hydrogen (secondary N) is 1. The summed E-state index contributed by atoms with van der Waals surface area (Å²) >= 11 is 2.03. The Morgan fingerprint density at radius 1 is 1.32 bits per heavy atom. The zero-order valence-electron chi connectivity index (χ0n) is 12.5. The van der Waals surface area contributed by atoms with Gasteiger partial charge in [0.05, 0.1) is 0 Å². The van der Waals surface area contributed by atoms with E-state index in [0.717, 1.165) is 19.6 Å². The summed E-state index contributed by atoms with van der Waals surface area (Å²) in [7, 11) is 0. The number of rotatable bonds is 3. The average molecular weight is 279 g/mol. The van der Waals surface area contributed by atoms with Crippen LogP contribution in [0.25, 0.3) is 0 Å². The molecule has 2 heterocycles. The van der Waals surface area contributed by atoms with Crippen LogP contribution in [-0.4, -0.2) is 35.1 Å².